The lowest BCUT2D eigenvalue weighted by atomic mass is 10.1. The van der Waals surface area contributed by atoms with E-state index in [1.807, 2.05) is 19.9 Å². The van der Waals surface area contributed by atoms with E-state index >= 15 is 0 Å². The third-order valence-electron chi connectivity index (χ3n) is 3.86. The van der Waals surface area contributed by atoms with Crippen LogP contribution >= 0.6 is 11.6 Å². The molecule has 27 heavy (non-hydrogen) atoms. The summed E-state index contributed by atoms with van der Waals surface area (Å²) in [5.74, 6) is -0.500. The number of carbonyl (C=O) groups excluding carboxylic acids is 2. The molecule has 8 nitrogen and oxygen atoms in total. The van der Waals surface area contributed by atoms with Crippen LogP contribution in [0.5, 0.6) is 0 Å². The van der Waals surface area contributed by atoms with E-state index in [1.54, 1.807) is 30.3 Å². The summed E-state index contributed by atoms with van der Waals surface area (Å²) in [7, 11) is 0. The zero-order chi connectivity index (χ0) is 19.6. The summed E-state index contributed by atoms with van der Waals surface area (Å²) in [5.41, 5.74) is 8.70. The van der Waals surface area contributed by atoms with E-state index in [2.05, 4.69) is 20.7 Å². The van der Waals surface area contributed by atoms with Gasteiger partial charge in [-0.25, -0.2) is 0 Å². The van der Waals surface area contributed by atoms with Crippen LogP contribution in [-0.2, 0) is 11.3 Å². The Balaban J connectivity index is 1.70. The number of nitrogens with zero attached hydrogens (tertiary/aromatic N) is 4. The zero-order valence-electron chi connectivity index (χ0n) is 14.7. The van der Waals surface area contributed by atoms with Crippen molar-refractivity contribution in [2.75, 3.05) is 5.32 Å². The molecule has 3 aromatic rings. The summed E-state index contributed by atoms with van der Waals surface area (Å²) >= 11 is 6.20. The van der Waals surface area contributed by atoms with Crippen molar-refractivity contribution in [1.29, 1.82) is 0 Å². The molecule has 1 aromatic heterocycles. The Hall–Kier alpha value is -3.26. The minimum absolute atomic E-state index is 0.115. The van der Waals surface area contributed by atoms with E-state index in [0.717, 1.165) is 11.1 Å². The average molecular weight is 385 g/mol. The molecule has 0 aliphatic carbocycles. The first kappa shape index (κ1) is 18.5. The fourth-order valence-corrected chi connectivity index (χ4v) is 2.96. The van der Waals surface area contributed by atoms with E-state index < -0.39 is 5.91 Å². The molecule has 0 unspecified atom stereocenters. The fourth-order valence-electron chi connectivity index (χ4n) is 2.59. The Labute approximate surface area is 160 Å². The normalized spacial score (nSPS) is 10.6. The van der Waals surface area contributed by atoms with Crippen LogP contribution in [0.4, 0.5) is 5.69 Å². The molecule has 2 amide bonds. The quantitative estimate of drug-likeness (QED) is 0.700. The van der Waals surface area contributed by atoms with Gasteiger partial charge in [-0.1, -0.05) is 29.8 Å². The molecule has 0 spiro atoms. The van der Waals surface area contributed by atoms with Crippen LogP contribution in [0.25, 0.3) is 11.4 Å². The molecule has 0 saturated carbocycles. The summed E-state index contributed by atoms with van der Waals surface area (Å²) in [4.78, 5) is 24.6. The lowest BCUT2D eigenvalue weighted by molar-refractivity contribution is -0.117. The number of tetrazole rings is 1. The van der Waals surface area contributed by atoms with Crippen LogP contribution in [-0.4, -0.2) is 32.0 Å². The number of anilines is 1. The number of hydrogen-bond acceptors (Lipinski definition) is 5. The van der Waals surface area contributed by atoms with Crippen molar-refractivity contribution in [3.8, 4) is 11.4 Å². The summed E-state index contributed by atoms with van der Waals surface area (Å²) in [6, 6.07) is 10.2. The second kappa shape index (κ2) is 7.55. The number of aromatic nitrogens is 4. The van der Waals surface area contributed by atoms with Gasteiger partial charge >= 0.3 is 0 Å². The van der Waals surface area contributed by atoms with Crippen molar-refractivity contribution >= 4 is 29.1 Å². The first-order valence-electron chi connectivity index (χ1n) is 8.08. The molecular weight excluding hydrogens is 368 g/mol. The predicted octanol–water partition coefficient (Wildman–Crippen LogP) is 2.35. The van der Waals surface area contributed by atoms with Crippen LogP contribution in [0.3, 0.4) is 0 Å². The largest absolute Gasteiger partial charge is 0.366 e. The highest BCUT2D eigenvalue weighted by atomic mass is 35.5. The number of amides is 2. The molecule has 0 aliphatic rings. The maximum atomic E-state index is 12.3. The first-order valence-corrected chi connectivity index (χ1v) is 8.46. The standard InChI is InChI=1S/C18H17ClN6O2/c1-10-7-11(2)16(14(19)8-10)21-15(26)9-25-23-18(22-24-25)13-5-3-12(4-6-13)17(20)27/h3-8H,9H2,1-2H3,(H2,20,27)(H,21,26). The molecule has 0 saturated heterocycles. The maximum absolute atomic E-state index is 12.3. The predicted molar refractivity (Wildman–Crippen MR) is 101 cm³/mol. The van der Waals surface area contributed by atoms with Gasteiger partial charge in [0.05, 0.1) is 10.7 Å². The molecule has 3 rings (SSSR count). The summed E-state index contributed by atoms with van der Waals surface area (Å²) in [5, 5.41) is 15.2. The number of primary amides is 1. The van der Waals surface area contributed by atoms with Crippen molar-refractivity contribution in [3.63, 3.8) is 0 Å². The van der Waals surface area contributed by atoms with E-state index in [0.29, 0.717) is 27.7 Å². The second-order valence-electron chi connectivity index (χ2n) is 6.07. The van der Waals surface area contributed by atoms with Crippen LogP contribution in [0.15, 0.2) is 36.4 Å². The average Bonchev–Trinajstić information content (AvgIpc) is 3.06. The van der Waals surface area contributed by atoms with E-state index in [1.165, 1.54) is 4.80 Å². The monoisotopic (exact) mass is 384 g/mol. The lowest BCUT2D eigenvalue weighted by Crippen LogP contribution is -2.21. The number of rotatable bonds is 5. The lowest BCUT2D eigenvalue weighted by Gasteiger charge is -2.11. The van der Waals surface area contributed by atoms with Gasteiger partial charge in [0.15, 0.2) is 0 Å². The van der Waals surface area contributed by atoms with Crippen molar-refractivity contribution in [1.82, 2.24) is 20.2 Å². The minimum Gasteiger partial charge on any atom is -0.366 e. The summed E-state index contributed by atoms with van der Waals surface area (Å²) < 4.78 is 0. The van der Waals surface area contributed by atoms with Crippen LogP contribution in [0, 0.1) is 13.8 Å². The third kappa shape index (κ3) is 4.29. The molecule has 0 atom stereocenters. The number of carbonyl (C=O) groups is 2. The van der Waals surface area contributed by atoms with Gasteiger partial charge in [-0.2, -0.15) is 4.80 Å². The van der Waals surface area contributed by atoms with Gasteiger partial charge in [-0.15, -0.1) is 10.2 Å². The molecule has 0 bridgehead atoms. The van der Waals surface area contributed by atoms with Crippen molar-refractivity contribution in [3.05, 3.63) is 58.1 Å². The Morgan fingerprint density at radius 3 is 2.52 bits per heavy atom. The fraction of sp³-hybridized carbons (Fsp3) is 0.167. The molecule has 9 heteroatoms. The van der Waals surface area contributed by atoms with Gasteiger partial charge in [0.25, 0.3) is 0 Å². The number of nitrogens with one attached hydrogen (secondary N) is 1. The summed E-state index contributed by atoms with van der Waals surface area (Å²) in [6.07, 6.45) is 0. The van der Waals surface area contributed by atoms with Gasteiger partial charge in [0, 0.05) is 11.1 Å². The van der Waals surface area contributed by atoms with Crippen molar-refractivity contribution in [2.45, 2.75) is 20.4 Å². The number of hydrogen-bond donors (Lipinski definition) is 2. The molecule has 0 radical (unpaired) electrons. The highest BCUT2D eigenvalue weighted by molar-refractivity contribution is 6.34. The Bertz CT molecular complexity index is 990. The molecule has 0 aliphatic heterocycles. The highest BCUT2D eigenvalue weighted by Gasteiger charge is 2.13. The van der Waals surface area contributed by atoms with Crippen molar-refractivity contribution in [2.24, 2.45) is 5.73 Å². The smallest absolute Gasteiger partial charge is 0.248 e. The molecule has 138 valence electrons. The number of halogens is 1. The van der Waals surface area contributed by atoms with E-state index in [-0.39, 0.29) is 12.5 Å². The highest BCUT2D eigenvalue weighted by Crippen LogP contribution is 2.27. The zero-order valence-corrected chi connectivity index (χ0v) is 15.5. The molecule has 1 heterocycles. The molecule has 3 N–H and O–H groups in total. The SMILES string of the molecule is Cc1cc(C)c(NC(=O)Cn2nnc(-c3ccc(C(N)=O)cc3)n2)c(Cl)c1. The second-order valence-corrected chi connectivity index (χ2v) is 6.48. The van der Waals surface area contributed by atoms with E-state index in [9.17, 15) is 9.59 Å². The van der Waals surface area contributed by atoms with Crippen LogP contribution in [0.2, 0.25) is 5.02 Å². The van der Waals surface area contributed by atoms with Gasteiger partial charge in [0.2, 0.25) is 17.6 Å². The van der Waals surface area contributed by atoms with E-state index in [4.69, 9.17) is 17.3 Å². The first-order chi connectivity index (χ1) is 12.8. The number of nitrogens with two attached hydrogens (primary N) is 1. The van der Waals surface area contributed by atoms with Crippen molar-refractivity contribution < 1.29 is 9.59 Å². The molecular formula is C18H17ClN6O2. The number of aryl methyl sites for hydroxylation is 2. The Morgan fingerprint density at radius 1 is 1.19 bits per heavy atom. The van der Waals surface area contributed by atoms with Crippen LogP contribution in [0.1, 0.15) is 21.5 Å². The third-order valence-corrected chi connectivity index (χ3v) is 4.16. The Kier molecular flexibility index (Phi) is 5.18. The van der Waals surface area contributed by atoms with Gasteiger partial charge in [-0.3, -0.25) is 9.59 Å². The van der Waals surface area contributed by atoms with Gasteiger partial charge in [0.1, 0.15) is 6.54 Å². The Morgan fingerprint density at radius 2 is 1.89 bits per heavy atom. The molecule has 2 aromatic carbocycles. The summed E-state index contributed by atoms with van der Waals surface area (Å²) in [6.45, 7) is 3.69. The van der Waals surface area contributed by atoms with Gasteiger partial charge in [-0.05, 0) is 48.4 Å². The molecule has 0 fully saturated rings. The maximum Gasteiger partial charge on any atom is 0.248 e. The minimum atomic E-state index is -0.514. The van der Waals surface area contributed by atoms with Crippen LogP contribution < -0.4 is 11.1 Å². The topological polar surface area (TPSA) is 116 Å². The number of benzene rings is 2. The van der Waals surface area contributed by atoms with Gasteiger partial charge < -0.3 is 11.1 Å².